The Kier molecular flexibility index (Phi) is 8.01. The van der Waals surface area contributed by atoms with Gasteiger partial charge in [0.25, 0.3) is 0 Å². The fourth-order valence-corrected chi connectivity index (χ4v) is 4.58. The molecule has 0 fully saturated rings. The van der Waals surface area contributed by atoms with Crippen molar-refractivity contribution in [2.24, 2.45) is 0 Å². The van der Waals surface area contributed by atoms with Gasteiger partial charge in [-0.05, 0) is 81.2 Å². The van der Waals surface area contributed by atoms with Crippen LogP contribution in [-0.2, 0) is 0 Å². The smallest absolute Gasteiger partial charge is 0.0181 e. The molecule has 0 nitrogen and oxygen atoms in total. The zero-order valence-corrected chi connectivity index (χ0v) is 23.2. The van der Waals surface area contributed by atoms with Gasteiger partial charge in [0.05, 0.1) is 0 Å². The van der Waals surface area contributed by atoms with E-state index in [-0.39, 0.29) is 0 Å². The van der Waals surface area contributed by atoms with Crippen molar-refractivity contribution < 1.29 is 0 Å². The minimum absolute atomic E-state index is 1.10. The van der Waals surface area contributed by atoms with E-state index in [0.717, 1.165) is 17.9 Å². The lowest BCUT2D eigenvalue weighted by molar-refractivity contribution is 1.60. The molecule has 0 bridgehead atoms. The summed E-state index contributed by atoms with van der Waals surface area (Å²) < 4.78 is 4.45. The summed E-state index contributed by atoms with van der Waals surface area (Å²) in [6.07, 6.45) is 4.21. The van der Waals surface area contributed by atoms with Gasteiger partial charge in [-0.2, -0.15) is 0 Å². The van der Waals surface area contributed by atoms with Crippen LogP contribution < -0.4 is 0 Å². The molecule has 0 saturated carbocycles. The fraction of sp³-hybridized carbons (Fsp3) is 0. The number of fused-ring (bicyclic) bond motifs is 3. The monoisotopic (exact) mass is 670 g/mol. The number of hydrogen-bond donors (Lipinski definition) is 0. The maximum Gasteiger partial charge on any atom is 0.0181 e. The molecule has 0 aliphatic carbocycles. The Morgan fingerprint density at radius 1 is 0.375 bits per heavy atom. The van der Waals surface area contributed by atoms with Crippen molar-refractivity contribution in [1.82, 2.24) is 0 Å². The molecular formula is C28H18Br4. The predicted octanol–water partition coefficient (Wildman–Crippen LogP) is 10.9. The van der Waals surface area contributed by atoms with Gasteiger partial charge in [0.15, 0.2) is 0 Å². The van der Waals surface area contributed by atoms with Crippen molar-refractivity contribution in [1.29, 1.82) is 0 Å². The third-order valence-corrected chi connectivity index (χ3v) is 7.02. The second kappa shape index (κ2) is 10.9. The molecule has 0 atom stereocenters. The highest BCUT2D eigenvalue weighted by molar-refractivity contribution is 9.11. The maximum atomic E-state index is 3.52. The molecule has 0 aliphatic rings. The van der Waals surface area contributed by atoms with Crippen LogP contribution in [0.15, 0.2) is 115 Å². The van der Waals surface area contributed by atoms with Crippen LogP contribution >= 0.6 is 63.7 Å². The van der Waals surface area contributed by atoms with Gasteiger partial charge in [-0.1, -0.05) is 124 Å². The lowest BCUT2D eigenvalue weighted by Crippen LogP contribution is -1.78. The zero-order valence-electron chi connectivity index (χ0n) is 16.9. The van der Waals surface area contributed by atoms with Crippen molar-refractivity contribution >= 4 is 97.4 Å². The summed E-state index contributed by atoms with van der Waals surface area (Å²) in [5.41, 5.74) is 2.40. The van der Waals surface area contributed by atoms with Crippen LogP contribution in [0.25, 0.3) is 33.7 Å². The first-order valence-corrected chi connectivity index (χ1v) is 13.1. The van der Waals surface area contributed by atoms with E-state index in [4.69, 9.17) is 0 Å². The molecule has 0 aromatic heterocycles. The van der Waals surface area contributed by atoms with Gasteiger partial charge < -0.3 is 0 Å². The molecule has 5 aromatic rings. The van der Waals surface area contributed by atoms with Gasteiger partial charge in [-0.3, -0.25) is 0 Å². The van der Waals surface area contributed by atoms with Crippen molar-refractivity contribution in [2.75, 3.05) is 0 Å². The number of hydrogen-bond acceptors (Lipinski definition) is 0. The summed E-state index contributed by atoms with van der Waals surface area (Å²) in [7, 11) is 0. The highest BCUT2D eigenvalue weighted by Gasteiger charge is 2.01. The molecule has 0 heterocycles. The second-order valence-electron chi connectivity index (χ2n) is 7.23. The summed E-state index contributed by atoms with van der Waals surface area (Å²) >= 11 is 13.9. The van der Waals surface area contributed by atoms with E-state index in [1.165, 1.54) is 32.7 Å². The van der Waals surface area contributed by atoms with Gasteiger partial charge in [0.2, 0.25) is 0 Å². The topological polar surface area (TPSA) is 0 Å². The molecule has 4 heteroatoms. The fourth-order valence-electron chi connectivity index (χ4n) is 3.33. The molecule has 0 spiro atoms. The van der Waals surface area contributed by atoms with Crippen molar-refractivity contribution in [3.63, 3.8) is 0 Å². The first kappa shape index (κ1) is 23.4. The highest BCUT2D eigenvalue weighted by Crippen LogP contribution is 2.29. The first-order chi connectivity index (χ1) is 15.5. The summed E-state index contributed by atoms with van der Waals surface area (Å²) in [6, 6.07) is 33.6. The van der Waals surface area contributed by atoms with Crippen LogP contribution in [-0.4, -0.2) is 0 Å². The summed E-state index contributed by atoms with van der Waals surface area (Å²) in [6.45, 7) is 0. The Morgan fingerprint density at radius 3 is 1.06 bits per heavy atom. The van der Waals surface area contributed by atoms with E-state index in [1.807, 2.05) is 24.3 Å². The van der Waals surface area contributed by atoms with Crippen LogP contribution in [0.5, 0.6) is 0 Å². The molecule has 0 saturated heterocycles. The SMILES string of the molecule is Brc1ccc(/C=C/c2ccc(Br)cc2)cc1.Brc1ccc2ccc3ccc(Br)cc3c2c1. The number of halogens is 4. The van der Waals surface area contributed by atoms with E-state index in [9.17, 15) is 0 Å². The van der Waals surface area contributed by atoms with Gasteiger partial charge in [-0.15, -0.1) is 0 Å². The highest BCUT2D eigenvalue weighted by atomic mass is 79.9. The van der Waals surface area contributed by atoms with E-state index in [1.54, 1.807) is 0 Å². The van der Waals surface area contributed by atoms with E-state index < -0.39 is 0 Å². The summed E-state index contributed by atoms with van der Waals surface area (Å²) in [5.74, 6) is 0. The largest absolute Gasteiger partial charge is 0.0544 e. The predicted molar refractivity (Wildman–Crippen MR) is 154 cm³/mol. The number of benzene rings is 5. The van der Waals surface area contributed by atoms with Crippen molar-refractivity contribution in [2.45, 2.75) is 0 Å². The van der Waals surface area contributed by atoms with E-state index in [2.05, 4.69) is 149 Å². The Balaban J connectivity index is 0.000000153. The molecule has 5 rings (SSSR count). The van der Waals surface area contributed by atoms with Crippen LogP contribution in [0.1, 0.15) is 11.1 Å². The van der Waals surface area contributed by atoms with Gasteiger partial charge >= 0.3 is 0 Å². The van der Waals surface area contributed by atoms with Crippen LogP contribution in [0.4, 0.5) is 0 Å². The molecule has 158 valence electrons. The molecule has 0 amide bonds. The van der Waals surface area contributed by atoms with Crippen molar-refractivity contribution in [3.8, 4) is 0 Å². The molecule has 0 aliphatic heterocycles. The van der Waals surface area contributed by atoms with E-state index >= 15 is 0 Å². The quantitative estimate of drug-likeness (QED) is 0.129. The van der Waals surface area contributed by atoms with Gasteiger partial charge in [0.1, 0.15) is 0 Å². The molecule has 0 unspecified atom stereocenters. The minimum Gasteiger partial charge on any atom is -0.0544 e. The van der Waals surface area contributed by atoms with Crippen LogP contribution in [0.2, 0.25) is 0 Å². The molecular weight excluding hydrogens is 656 g/mol. The average molecular weight is 674 g/mol. The Labute approximate surface area is 221 Å². The van der Waals surface area contributed by atoms with Crippen LogP contribution in [0.3, 0.4) is 0 Å². The second-order valence-corrected chi connectivity index (χ2v) is 10.9. The average Bonchev–Trinajstić information content (AvgIpc) is 2.80. The lowest BCUT2D eigenvalue weighted by Gasteiger charge is -2.05. The first-order valence-electron chi connectivity index (χ1n) is 9.95. The minimum atomic E-state index is 1.10. The zero-order chi connectivity index (χ0) is 22.5. The Hall–Kier alpha value is -1.72. The van der Waals surface area contributed by atoms with Crippen LogP contribution in [0, 0.1) is 0 Å². The molecule has 0 radical (unpaired) electrons. The van der Waals surface area contributed by atoms with Gasteiger partial charge in [0, 0.05) is 17.9 Å². The van der Waals surface area contributed by atoms with Crippen molar-refractivity contribution in [3.05, 3.63) is 126 Å². The standard InChI is InChI=1S/C14H8Br2.C14H10Br2/c15-11-5-3-9-1-2-10-4-6-12(16)8-14(10)13(9)7-11;15-13-7-3-11(4-8-13)1-2-12-5-9-14(16)10-6-12/h1-8H;1-10H/b;2-1+. The molecule has 0 N–H and O–H groups in total. The molecule has 32 heavy (non-hydrogen) atoms. The summed E-state index contributed by atoms with van der Waals surface area (Å²) in [4.78, 5) is 0. The normalized spacial score (nSPS) is 11.0. The number of rotatable bonds is 2. The summed E-state index contributed by atoms with van der Waals surface area (Å²) in [5, 5.41) is 5.11. The Bertz CT molecular complexity index is 1280. The van der Waals surface area contributed by atoms with E-state index in [0.29, 0.717) is 0 Å². The molecule has 5 aromatic carbocycles. The Morgan fingerprint density at radius 2 is 0.688 bits per heavy atom. The lowest BCUT2D eigenvalue weighted by atomic mass is 10.0. The third-order valence-electron chi connectivity index (χ3n) is 4.97. The third kappa shape index (κ3) is 6.20. The maximum absolute atomic E-state index is 3.52. The van der Waals surface area contributed by atoms with Gasteiger partial charge in [-0.25, -0.2) is 0 Å².